The van der Waals surface area contributed by atoms with Crippen molar-refractivity contribution in [3.8, 4) is 0 Å². The Morgan fingerprint density at radius 3 is 2.78 bits per heavy atom. The van der Waals surface area contributed by atoms with Crippen molar-refractivity contribution in [3.05, 3.63) is 30.3 Å². The summed E-state index contributed by atoms with van der Waals surface area (Å²) < 4.78 is 0. The molecule has 0 aliphatic carbocycles. The molecule has 5 heteroatoms. The van der Waals surface area contributed by atoms with Crippen LogP contribution in [0.3, 0.4) is 0 Å². The van der Waals surface area contributed by atoms with Gasteiger partial charge in [0.15, 0.2) is 0 Å². The van der Waals surface area contributed by atoms with Crippen molar-refractivity contribution in [2.75, 3.05) is 38.1 Å². The third-order valence-corrected chi connectivity index (χ3v) is 4.60. The Bertz CT molecular complexity index is 480. The summed E-state index contributed by atoms with van der Waals surface area (Å²) in [6.07, 6.45) is 2.46. The fourth-order valence-electron chi connectivity index (χ4n) is 2.83. The lowest BCUT2D eigenvalue weighted by molar-refractivity contribution is 0.0436. The molecule has 5 nitrogen and oxygen atoms in total. The molecule has 0 radical (unpaired) electrons. The number of carbonyl (C=O) groups excluding carboxylic acids is 1. The van der Waals surface area contributed by atoms with Crippen LogP contribution in [0.15, 0.2) is 30.3 Å². The summed E-state index contributed by atoms with van der Waals surface area (Å²) in [5, 5.41) is 12.8. The van der Waals surface area contributed by atoms with Gasteiger partial charge in [-0.15, -0.1) is 0 Å². The summed E-state index contributed by atoms with van der Waals surface area (Å²) in [5.41, 5.74) is 1.22. The number of rotatable bonds is 6. The van der Waals surface area contributed by atoms with E-state index in [4.69, 9.17) is 0 Å². The van der Waals surface area contributed by atoms with Gasteiger partial charge in [-0.25, -0.2) is 4.79 Å². The van der Waals surface area contributed by atoms with E-state index < -0.39 is 6.10 Å². The van der Waals surface area contributed by atoms with Crippen molar-refractivity contribution in [2.24, 2.45) is 5.92 Å². The van der Waals surface area contributed by atoms with E-state index >= 15 is 0 Å². The molecule has 1 aliphatic rings. The van der Waals surface area contributed by atoms with E-state index in [1.807, 2.05) is 25.1 Å². The molecule has 0 saturated carbocycles. The number of aliphatic hydroxyl groups is 1. The van der Waals surface area contributed by atoms with Gasteiger partial charge in [0, 0.05) is 38.9 Å². The molecule has 0 aromatic heterocycles. The first-order valence-electron chi connectivity index (χ1n) is 8.55. The van der Waals surface area contributed by atoms with Gasteiger partial charge < -0.3 is 20.2 Å². The Morgan fingerprint density at radius 2 is 2.09 bits per heavy atom. The van der Waals surface area contributed by atoms with Crippen LogP contribution >= 0.6 is 0 Å². The fraction of sp³-hybridized carbons (Fsp3) is 0.611. The van der Waals surface area contributed by atoms with Crippen LogP contribution in [0, 0.1) is 5.92 Å². The highest BCUT2D eigenvalue weighted by atomic mass is 16.3. The van der Waals surface area contributed by atoms with Gasteiger partial charge in [-0.1, -0.05) is 25.1 Å². The number of nitrogens with one attached hydrogen (secondary N) is 1. The SMILES string of the molecule is CC1CCN(C(=O)NCCCCN(C)c2ccccc2)CC1O. The van der Waals surface area contributed by atoms with Crippen molar-refractivity contribution in [3.63, 3.8) is 0 Å². The van der Waals surface area contributed by atoms with Crippen LogP contribution in [0.1, 0.15) is 26.2 Å². The molecular weight excluding hydrogens is 290 g/mol. The standard InChI is InChI=1S/C18H29N3O2/c1-15-10-13-21(14-17(15)22)18(23)19-11-6-7-12-20(2)16-8-4-3-5-9-16/h3-5,8-9,15,17,22H,6-7,10-14H2,1-2H3,(H,19,23). The molecule has 0 bridgehead atoms. The summed E-state index contributed by atoms with van der Waals surface area (Å²) in [6, 6.07) is 10.3. The highest BCUT2D eigenvalue weighted by Crippen LogP contribution is 2.16. The van der Waals surface area contributed by atoms with Crippen molar-refractivity contribution in [1.82, 2.24) is 10.2 Å². The third kappa shape index (κ3) is 5.43. The number of nitrogens with zero attached hydrogens (tertiary/aromatic N) is 2. The van der Waals surface area contributed by atoms with E-state index in [0.29, 0.717) is 13.1 Å². The Hall–Kier alpha value is -1.75. The third-order valence-electron chi connectivity index (χ3n) is 4.60. The van der Waals surface area contributed by atoms with Crippen LogP contribution in [0.4, 0.5) is 10.5 Å². The first-order chi connectivity index (χ1) is 11.1. The van der Waals surface area contributed by atoms with Gasteiger partial charge in [-0.3, -0.25) is 0 Å². The van der Waals surface area contributed by atoms with Crippen molar-refractivity contribution >= 4 is 11.7 Å². The number of anilines is 1. The molecule has 128 valence electrons. The van der Waals surface area contributed by atoms with Gasteiger partial charge >= 0.3 is 6.03 Å². The quantitative estimate of drug-likeness (QED) is 0.791. The lowest BCUT2D eigenvalue weighted by Crippen LogP contribution is -2.49. The first kappa shape index (κ1) is 17.6. The molecule has 2 unspecified atom stereocenters. The summed E-state index contributed by atoms with van der Waals surface area (Å²) >= 11 is 0. The number of β-amino-alcohol motifs (C(OH)–C–C–N with tert-alkyl or cyclic N) is 1. The summed E-state index contributed by atoms with van der Waals surface area (Å²) in [5.74, 6) is 0.285. The lowest BCUT2D eigenvalue weighted by Gasteiger charge is -2.34. The lowest BCUT2D eigenvalue weighted by atomic mass is 9.96. The number of aliphatic hydroxyl groups excluding tert-OH is 1. The normalized spacial score (nSPS) is 21.1. The highest BCUT2D eigenvalue weighted by molar-refractivity contribution is 5.74. The van der Waals surface area contributed by atoms with E-state index in [1.165, 1.54) is 5.69 Å². The largest absolute Gasteiger partial charge is 0.391 e. The van der Waals surface area contributed by atoms with Gasteiger partial charge in [0.1, 0.15) is 0 Å². The number of urea groups is 1. The van der Waals surface area contributed by atoms with Gasteiger partial charge in [-0.05, 0) is 37.3 Å². The minimum atomic E-state index is -0.394. The minimum Gasteiger partial charge on any atom is -0.391 e. The Balaban J connectivity index is 1.59. The molecule has 2 atom stereocenters. The number of amides is 2. The van der Waals surface area contributed by atoms with Crippen LogP contribution in [0.25, 0.3) is 0 Å². The summed E-state index contributed by atoms with van der Waals surface area (Å²) in [7, 11) is 2.09. The fourth-order valence-corrected chi connectivity index (χ4v) is 2.83. The van der Waals surface area contributed by atoms with E-state index in [0.717, 1.165) is 32.4 Å². The topological polar surface area (TPSA) is 55.8 Å². The second-order valence-electron chi connectivity index (χ2n) is 6.48. The molecule has 23 heavy (non-hydrogen) atoms. The second kappa shape index (κ2) is 8.77. The number of benzene rings is 1. The van der Waals surface area contributed by atoms with Crippen LogP contribution < -0.4 is 10.2 Å². The molecule has 1 heterocycles. The van der Waals surface area contributed by atoms with Crippen LogP contribution in [0.5, 0.6) is 0 Å². The summed E-state index contributed by atoms with van der Waals surface area (Å²) in [6.45, 7) is 4.87. The van der Waals surface area contributed by atoms with E-state index in [-0.39, 0.29) is 11.9 Å². The second-order valence-corrected chi connectivity index (χ2v) is 6.48. The monoisotopic (exact) mass is 319 g/mol. The van der Waals surface area contributed by atoms with Crippen molar-refractivity contribution in [1.29, 1.82) is 0 Å². The van der Waals surface area contributed by atoms with E-state index in [9.17, 15) is 9.90 Å². The Labute approximate surface area is 139 Å². The van der Waals surface area contributed by atoms with Crippen molar-refractivity contribution in [2.45, 2.75) is 32.3 Å². The smallest absolute Gasteiger partial charge is 0.317 e. The van der Waals surface area contributed by atoms with Gasteiger partial charge in [0.05, 0.1) is 6.10 Å². The zero-order valence-corrected chi connectivity index (χ0v) is 14.2. The van der Waals surface area contributed by atoms with Gasteiger partial charge in [0.25, 0.3) is 0 Å². The van der Waals surface area contributed by atoms with Crippen LogP contribution in [-0.2, 0) is 0 Å². The molecule has 1 saturated heterocycles. The average molecular weight is 319 g/mol. The molecular formula is C18H29N3O2. The highest BCUT2D eigenvalue weighted by Gasteiger charge is 2.26. The number of para-hydroxylation sites is 1. The molecule has 2 rings (SSSR count). The van der Waals surface area contributed by atoms with Crippen LogP contribution in [0.2, 0.25) is 0 Å². The number of likely N-dealkylation sites (tertiary alicyclic amines) is 1. The molecule has 1 aromatic carbocycles. The van der Waals surface area contributed by atoms with E-state index in [2.05, 4.69) is 29.4 Å². The minimum absolute atomic E-state index is 0.0487. The molecule has 2 amide bonds. The molecule has 0 spiro atoms. The zero-order chi connectivity index (χ0) is 16.7. The maximum atomic E-state index is 12.1. The number of carbonyl (C=O) groups is 1. The first-order valence-corrected chi connectivity index (χ1v) is 8.55. The van der Waals surface area contributed by atoms with Crippen LogP contribution in [-0.4, -0.2) is 55.4 Å². The van der Waals surface area contributed by atoms with Gasteiger partial charge in [0.2, 0.25) is 0 Å². The number of hydrogen-bond acceptors (Lipinski definition) is 3. The van der Waals surface area contributed by atoms with E-state index in [1.54, 1.807) is 4.90 Å². The molecule has 1 aliphatic heterocycles. The number of unbranched alkanes of at least 4 members (excludes halogenated alkanes) is 1. The zero-order valence-electron chi connectivity index (χ0n) is 14.2. The maximum absolute atomic E-state index is 12.1. The summed E-state index contributed by atoms with van der Waals surface area (Å²) in [4.78, 5) is 16.0. The Morgan fingerprint density at radius 1 is 1.35 bits per heavy atom. The molecule has 1 aromatic rings. The average Bonchev–Trinajstić information content (AvgIpc) is 2.57. The number of hydrogen-bond donors (Lipinski definition) is 2. The maximum Gasteiger partial charge on any atom is 0.317 e. The molecule has 1 fully saturated rings. The van der Waals surface area contributed by atoms with Gasteiger partial charge in [-0.2, -0.15) is 0 Å². The Kier molecular flexibility index (Phi) is 6.71. The van der Waals surface area contributed by atoms with Crippen molar-refractivity contribution < 1.29 is 9.90 Å². The predicted molar refractivity (Wildman–Crippen MR) is 93.7 cm³/mol. The number of piperidine rings is 1. The predicted octanol–water partition coefficient (Wildman–Crippen LogP) is 2.32. The molecule has 2 N–H and O–H groups in total.